The minimum atomic E-state index is 0.404. The van der Waals surface area contributed by atoms with Gasteiger partial charge in [-0.25, -0.2) is 0 Å². The van der Waals surface area contributed by atoms with E-state index in [1.165, 1.54) is 45.3 Å². The Labute approximate surface area is 100 Å². The third-order valence-electron chi connectivity index (χ3n) is 3.59. The molecule has 1 rings (SSSR count). The molecular weight excluding hydrogens is 200 g/mol. The van der Waals surface area contributed by atoms with E-state index in [2.05, 4.69) is 11.8 Å². The van der Waals surface area contributed by atoms with Crippen molar-refractivity contribution in [2.24, 2.45) is 11.7 Å². The average Bonchev–Trinajstić information content (AvgIpc) is 2.29. The summed E-state index contributed by atoms with van der Waals surface area (Å²) >= 11 is 0. The summed E-state index contributed by atoms with van der Waals surface area (Å²) in [7, 11) is 1.80. The van der Waals surface area contributed by atoms with E-state index in [0.29, 0.717) is 6.04 Å². The van der Waals surface area contributed by atoms with E-state index in [-0.39, 0.29) is 0 Å². The van der Waals surface area contributed by atoms with Gasteiger partial charge in [0.15, 0.2) is 0 Å². The predicted octanol–water partition coefficient (Wildman–Crippen LogP) is 1.86. The van der Waals surface area contributed by atoms with Crippen LogP contribution in [0.15, 0.2) is 0 Å². The van der Waals surface area contributed by atoms with Crippen molar-refractivity contribution in [2.45, 2.75) is 45.1 Å². The molecule has 3 heteroatoms. The summed E-state index contributed by atoms with van der Waals surface area (Å²) in [4.78, 5) is 2.56. The molecule has 1 unspecified atom stereocenters. The van der Waals surface area contributed by atoms with Crippen molar-refractivity contribution >= 4 is 0 Å². The van der Waals surface area contributed by atoms with Gasteiger partial charge in [-0.05, 0) is 51.2 Å². The van der Waals surface area contributed by atoms with Crippen molar-refractivity contribution < 1.29 is 4.74 Å². The van der Waals surface area contributed by atoms with Gasteiger partial charge in [0.2, 0.25) is 0 Å². The van der Waals surface area contributed by atoms with E-state index < -0.39 is 0 Å². The van der Waals surface area contributed by atoms with Crippen molar-refractivity contribution in [1.82, 2.24) is 4.90 Å². The highest BCUT2D eigenvalue weighted by Gasteiger charge is 2.18. The van der Waals surface area contributed by atoms with Crippen molar-refractivity contribution in [1.29, 1.82) is 0 Å². The molecule has 1 fully saturated rings. The first kappa shape index (κ1) is 13.9. The van der Waals surface area contributed by atoms with Crippen LogP contribution in [0, 0.1) is 5.92 Å². The maximum Gasteiger partial charge on any atom is 0.0491 e. The molecule has 0 aliphatic carbocycles. The molecule has 3 nitrogen and oxygen atoms in total. The standard InChI is InChI=1S/C13H28N2O/c1-3-4-13(14)7-10-15-8-5-12(6-9-15)11-16-2/h12-13H,3-11,14H2,1-2H3. The summed E-state index contributed by atoms with van der Waals surface area (Å²) in [5, 5.41) is 0. The van der Waals surface area contributed by atoms with Crippen LogP contribution >= 0.6 is 0 Å². The summed E-state index contributed by atoms with van der Waals surface area (Å²) < 4.78 is 5.21. The SMILES string of the molecule is CCCC(N)CCN1CCC(COC)CC1. The second-order valence-electron chi connectivity index (χ2n) is 5.08. The minimum Gasteiger partial charge on any atom is -0.384 e. The van der Waals surface area contributed by atoms with E-state index in [4.69, 9.17) is 10.5 Å². The molecular formula is C13H28N2O. The van der Waals surface area contributed by atoms with Crippen LogP contribution in [0.4, 0.5) is 0 Å². The number of rotatable bonds is 7. The van der Waals surface area contributed by atoms with Crippen molar-refractivity contribution in [3.05, 3.63) is 0 Å². The molecule has 16 heavy (non-hydrogen) atoms. The van der Waals surface area contributed by atoms with Crippen LogP contribution < -0.4 is 5.73 Å². The molecule has 0 bridgehead atoms. The topological polar surface area (TPSA) is 38.5 Å². The molecule has 96 valence electrons. The summed E-state index contributed by atoms with van der Waals surface area (Å²) in [6.07, 6.45) is 6.10. The molecule has 0 aromatic rings. The fraction of sp³-hybridized carbons (Fsp3) is 1.00. The molecule has 0 aromatic carbocycles. The molecule has 0 amide bonds. The van der Waals surface area contributed by atoms with Crippen LogP contribution in [0.3, 0.4) is 0 Å². The lowest BCUT2D eigenvalue weighted by Crippen LogP contribution is -2.37. The normalized spacial score (nSPS) is 21.2. The Kier molecular flexibility index (Phi) is 7.01. The lowest BCUT2D eigenvalue weighted by atomic mass is 9.97. The molecule has 1 atom stereocenters. The van der Waals surface area contributed by atoms with Crippen LogP contribution in [0.1, 0.15) is 39.0 Å². The average molecular weight is 228 g/mol. The van der Waals surface area contributed by atoms with Gasteiger partial charge < -0.3 is 15.4 Å². The van der Waals surface area contributed by atoms with Gasteiger partial charge in [0.25, 0.3) is 0 Å². The smallest absolute Gasteiger partial charge is 0.0491 e. The van der Waals surface area contributed by atoms with Gasteiger partial charge in [0.05, 0.1) is 0 Å². The van der Waals surface area contributed by atoms with Gasteiger partial charge >= 0.3 is 0 Å². The first-order valence-electron chi connectivity index (χ1n) is 6.73. The van der Waals surface area contributed by atoms with Gasteiger partial charge in [0, 0.05) is 19.8 Å². The molecule has 1 heterocycles. The highest BCUT2D eigenvalue weighted by atomic mass is 16.5. The Morgan fingerprint density at radius 2 is 2.00 bits per heavy atom. The Morgan fingerprint density at radius 1 is 1.31 bits per heavy atom. The van der Waals surface area contributed by atoms with Crippen LogP contribution in [-0.2, 0) is 4.74 Å². The molecule has 0 saturated carbocycles. The highest BCUT2D eigenvalue weighted by molar-refractivity contribution is 4.73. The maximum absolute atomic E-state index is 6.03. The quantitative estimate of drug-likeness (QED) is 0.723. The van der Waals surface area contributed by atoms with E-state index >= 15 is 0 Å². The van der Waals surface area contributed by atoms with Crippen LogP contribution in [0.25, 0.3) is 0 Å². The first-order chi connectivity index (χ1) is 7.76. The summed E-state index contributed by atoms with van der Waals surface area (Å²) in [5.41, 5.74) is 6.03. The Balaban J connectivity index is 2.07. The Morgan fingerprint density at radius 3 is 2.56 bits per heavy atom. The molecule has 1 saturated heterocycles. The molecule has 2 N–H and O–H groups in total. The number of likely N-dealkylation sites (tertiary alicyclic amines) is 1. The van der Waals surface area contributed by atoms with Crippen molar-refractivity contribution in [3.63, 3.8) is 0 Å². The lowest BCUT2D eigenvalue weighted by Gasteiger charge is -2.32. The van der Waals surface area contributed by atoms with Gasteiger partial charge in [-0.15, -0.1) is 0 Å². The van der Waals surface area contributed by atoms with Gasteiger partial charge in [-0.2, -0.15) is 0 Å². The van der Waals surface area contributed by atoms with E-state index in [1.54, 1.807) is 7.11 Å². The van der Waals surface area contributed by atoms with E-state index in [9.17, 15) is 0 Å². The summed E-state index contributed by atoms with van der Waals surface area (Å²) in [5.74, 6) is 0.783. The fourth-order valence-corrected chi connectivity index (χ4v) is 2.48. The van der Waals surface area contributed by atoms with Crippen molar-refractivity contribution in [2.75, 3.05) is 33.4 Å². The van der Waals surface area contributed by atoms with Crippen LogP contribution in [0.2, 0.25) is 0 Å². The van der Waals surface area contributed by atoms with E-state index in [0.717, 1.165) is 18.9 Å². The molecule has 1 aliphatic heterocycles. The number of methoxy groups -OCH3 is 1. The number of nitrogens with two attached hydrogens (primary N) is 1. The third kappa shape index (κ3) is 5.28. The number of nitrogens with zero attached hydrogens (tertiary/aromatic N) is 1. The zero-order chi connectivity index (χ0) is 11.8. The van der Waals surface area contributed by atoms with Crippen molar-refractivity contribution in [3.8, 4) is 0 Å². The number of ether oxygens (including phenoxy) is 1. The third-order valence-corrected chi connectivity index (χ3v) is 3.59. The zero-order valence-corrected chi connectivity index (χ0v) is 11.0. The predicted molar refractivity (Wildman–Crippen MR) is 68.5 cm³/mol. The molecule has 1 aliphatic rings. The molecule has 0 spiro atoms. The van der Waals surface area contributed by atoms with Crippen LogP contribution in [0.5, 0.6) is 0 Å². The Hall–Kier alpha value is -0.120. The minimum absolute atomic E-state index is 0.404. The summed E-state index contributed by atoms with van der Waals surface area (Å²) in [6, 6.07) is 0.404. The second kappa shape index (κ2) is 8.04. The van der Waals surface area contributed by atoms with E-state index in [1.807, 2.05) is 0 Å². The number of hydrogen-bond donors (Lipinski definition) is 1. The second-order valence-corrected chi connectivity index (χ2v) is 5.08. The van der Waals surface area contributed by atoms with Gasteiger partial charge in [-0.3, -0.25) is 0 Å². The lowest BCUT2D eigenvalue weighted by molar-refractivity contribution is 0.0982. The van der Waals surface area contributed by atoms with Gasteiger partial charge in [0.1, 0.15) is 0 Å². The zero-order valence-electron chi connectivity index (χ0n) is 11.0. The number of piperidine rings is 1. The molecule has 0 aromatic heterocycles. The number of hydrogen-bond acceptors (Lipinski definition) is 3. The maximum atomic E-state index is 6.03. The summed E-state index contributed by atoms with van der Waals surface area (Å²) in [6.45, 7) is 6.78. The Bertz CT molecular complexity index is 167. The van der Waals surface area contributed by atoms with Crippen LogP contribution in [-0.4, -0.2) is 44.3 Å². The molecule has 0 radical (unpaired) electrons. The van der Waals surface area contributed by atoms with Gasteiger partial charge in [-0.1, -0.05) is 13.3 Å². The highest BCUT2D eigenvalue weighted by Crippen LogP contribution is 2.17. The fourth-order valence-electron chi connectivity index (χ4n) is 2.48. The first-order valence-corrected chi connectivity index (χ1v) is 6.73. The largest absolute Gasteiger partial charge is 0.384 e. The monoisotopic (exact) mass is 228 g/mol.